The molecule has 0 radical (unpaired) electrons. The van der Waals surface area contributed by atoms with Gasteiger partial charge < -0.3 is 0 Å². The molecule has 1 aromatic rings. The molecule has 1 nitrogen and oxygen atoms in total. The predicted molar refractivity (Wildman–Crippen MR) is 72.4 cm³/mol. The van der Waals surface area contributed by atoms with Crippen molar-refractivity contribution in [1.82, 2.24) is 4.90 Å². The van der Waals surface area contributed by atoms with Gasteiger partial charge in [0.25, 0.3) is 0 Å². The first-order valence-corrected chi connectivity index (χ1v) is 7.03. The Hall–Kier alpha value is -0.410. The van der Waals surface area contributed by atoms with Crippen molar-refractivity contribution >= 4 is 15.9 Å². The third-order valence-corrected chi connectivity index (χ3v) is 4.40. The van der Waals surface area contributed by atoms with E-state index in [0.29, 0.717) is 6.04 Å². The van der Waals surface area contributed by atoms with Gasteiger partial charge in [0.2, 0.25) is 0 Å². The van der Waals surface area contributed by atoms with E-state index in [4.69, 9.17) is 0 Å². The lowest BCUT2D eigenvalue weighted by Crippen LogP contribution is -2.39. The van der Waals surface area contributed by atoms with Crippen LogP contribution >= 0.6 is 15.9 Å². The highest BCUT2D eigenvalue weighted by atomic mass is 79.9. The van der Waals surface area contributed by atoms with Gasteiger partial charge in [-0.15, -0.1) is 0 Å². The topological polar surface area (TPSA) is 3.24 Å². The first kappa shape index (κ1) is 13.0. The second-order valence-electron chi connectivity index (χ2n) is 5.18. The van der Waals surface area contributed by atoms with Gasteiger partial charge in [0.05, 0.1) is 0 Å². The second-order valence-corrected chi connectivity index (χ2v) is 6.04. The van der Waals surface area contributed by atoms with Crippen molar-refractivity contribution in [3.8, 4) is 0 Å². The van der Waals surface area contributed by atoms with Gasteiger partial charge in [0, 0.05) is 17.1 Å². The van der Waals surface area contributed by atoms with Crippen LogP contribution in [-0.2, 0) is 6.54 Å². The van der Waals surface area contributed by atoms with Gasteiger partial charge in [-0.1, -0.05) is 28.9 Å². The minimum Gasteiger partial charge on any atom is -0.296 e. The zero-order valence-corrected chi connectivity index (χ0v) is 12.0. The number of likely N-dealkylation sites (tertiary alicyclic amines) is 1. The van der Waals surface area contributed by atoms with Crippen molar-refractivity contribution in [2.75, 3.05) is 6.54 Å². The quantitative estimate of drug-likeness (QED) is 0.791. The summed E-state index contributed by atoms with van der Waals surface area (Å²) in [6.07, 6.45) is 2.53. The molecule has 1 fully saturated rings. The van der Waals surface area contributed by atoms with E-state index in [2.05, 4.69) is 34.7 Å². The summed E-state index contributed by atoms with van der Waals surface area (Å²) in [5.41, 5.74) is 1.17. The van der Waals surface area contributed by atoms with Gasteiger partial charge in [-0.05, 0) is 49.9 Å². The summed E-state index contributed by atoms with van der Waals surface area (Å²) in [6.45, 7) is 6.66. The summed E-state index contributed by atoms with van der Waals surface area (Å²) >= 11 is 3.44. The van der Waals surface area contributed by atoms with Gasteiger partial charge in [0.15, 0.2) is 0 Å². The number of piperidine rings is 1. The lowest BCUT2D eigenvalue weighted by Gasteiger charge is -2.36. The molecule has 94 valence electrons. The van der Waals surface area contributed by atoms with E-state index < -0.39 is 0 Å². The predicted octanol–water partition coefficient (Wildman–Crippen LogP) is 4.21. The van der Waals surface area contributed by atoms with E-state index in [9.17, 15) is 4.39 Å². The van der Waals surface area contributed by atoms with Crippen LogP contribution in [0.1, 0.15) is 32.3 Å². The molecule has 2 unspecified atom stereocenters. The summed E-state index contributed by atoms with van der Waals surface area (Å²) < 4.78 is 13.9. The molecule has 0 bridgehead atoms. The molecule has 0 spiro atoms. The standard InChI is InChI=1S/C14H19BrFN/c1-10-5-6-17(11(2)7-10)9-12-3-4-13(16)8-14(12)15/h3-4,8,10-11H,5-7,9H2,1-2H3. The minimum absolute atomic E-state index is 0.180. The number of hydrogen-bond donors (Lipinski definition) is 0. The molecular formula is C14H19BrFN. The Morgan fingerprint density at radius 2 is 2.18 bits per heavy atom. The summed E-state index contributed by atoms with van der Waals surface area (Å²) in [5, 5.41) is 0. The Morgan fingerprint density at radius 1 is 1.41 bits per heavy atom. The highest BCUT2D eigenvalue weighted by Gasteiger charge is 2.23. The summed E-state index contributed by atoms with van der Waals surface area (Å²) in [6, 6.07) is 5.59. The molecule has 1 saturated heterocycles. The maximum absolute atomic E-state index is 13.0. The summed E-state index contributed by atoms with van der Waals surface area (Å²) in [5.74, 6) is 0.652. The molecule has 1 aliphatic heterocycles. The molecule has 0 amide bonds. The maximum Gasteiger partial charge on any atom is 0.124 e. The second kappa shape index (κ2) is 5.49. The fraction of sp³-hybridized carbons (Fsp3) is 0.571. The van der Waals surface area contributed by atoms with Crippen LogP contribution < -0.4 is 0 Å². The number of rotatable bonds is 2. The maximum atomic E-state index is 13.0. The van der Waals surface area contributed by atoms with Gasteiger partial charge in [-0.2, -0.15) is 0 Å². The normalized spacial score (nSPS) is 26.1. The molecule has 2 rings (SSSR count). The molecule has 1 aromatic carbocycles. The summed E-state index contributed by atoms with van der Waals surface area (Å²) in [7, 11) is 0. The Balaban J connectivity index is 2.05. The average Bonchev–Trinajstić information content (AvgIpc) is 2.25. The monoisotopic (exact) mass is 299 g/mol. The summed E-state index contributed by atoms with van der Waals surface area (Å²) in [4.78, 5) is 2.48. The van der Waals surface area contributed by atoms with E-state index in [0.717, 1.165) is 23.5 Å². The van der Waals surface area contributed by atoms with E-state index in [1.165, 1.54) is 24.5 Å². The van der Waals surface area contributed by atoms with Crippen LogP contribution in [0, 0.1) is 11.7 Å². The first-order valence-electron chi connectivity index (χ1n) is 6.24. The number of hydrogen-bond acceptors (Lipinski definition) is 1. The lowest BCUT2D eigenvalue weighted by molar-refractivity contribution is 0.122. The largest absolute Gasteiger partial charge is 0.296 e. The smallest absolute Gasteiger partial charge is 0.124 e. The van der Waals surface area contributed by atoms with E-state index in [-0.39, 0.29) is 5.82 Å². The van der Waals surface area contributed by atoms with Crippen molar-refractivity contribution in [1.29, 1.82) is 0 Å². The SMILES string of the molecule is CC1CCN(Cc2ccc(F)cc2Br)C(C)C1. The van der Waals surface area contributed by atoms with Crippen LogP contribution in [0.15, 0.2) is 22.7 Å². The van der Waals surface area contributed by atoms with Crippen LogP contribution in [0.25, 0.3) is 0 Å². The van der Waals surface area contributed by atoms with Crippen LogP contribution in [0.5, 0.6) is 0 Å². The van der Waals surface area contributed by atoms with Crippen LogP contribution in [0.2, 0.25) is 0 Å². The highest BCUT2D eigenvalue weighted by Crippen LogP contribution is 2.26. The molecule has 2 atom stereocenters. The lowest BCUT2D eigenvalue weighted by atomic mass is 9.93. The Bertz CT molecular complexity index is 394. The molecule has 17 heavy (non-hydrogen) atoms. The number of halogens is 2. The van der Waals surface area contributed by atoms with E-state index >= 15 is 0 Å². The average molecular weight is 300 g/mol. The Kier molecular flexibility index (Phi) is 4.21. The van der Waals surface area contributed by atoms with Crippen molar-refractivity contribution in [2.24, 2.45) is 5.92 Å². The number of nitrogens with zero attached hydrogens (tertiary/aromatic N) is 1. The van der Waals surface area contributed by atoms with E-state index in [1.807, 2.05) is 6.07 Å². The van der Waals surface area contributed by atoms with Gasteiger partial charge in [0.1, 0.15) is 5.82 Å². The van der Waals surface area contributed by atoms with Crippen molar-refractivity contribution in [3.05, 3.63) is 34.1 Å². The molecule has 0 aliphatic carbocycles. The molecule has 0 aromatic heterocycles. The van der Waals surface area contributed by atoms with Crippen LogP contribution in [0.3, 0.4) is 0 Å². The van der Waals surface area contributed by atoms with Gasteiger partial charge in [-0.25, -0.2) is 4.39 Å². The van der Waals surface area contributed by atoms with Crippen molar-refractivity contribution in [2.45, 2.75) is 39.3 Å². The van der Waals surface area contributed by atoms with Gasteiger partial charge >= 0.3 is 0 Å². The van der Waals surface area contributed by atoms with Gasteiger partial charge in [-0.3, -0.25) is 4.90 Å². The van der Waals surface area contributed by atoms with Crippen LogP contribution in [0.4, 0.5) is 4.39 Å². The van der Waals surface area contributed by atoms with Crippen molar-refractivity contribution < 1.29 is 4.39 Å². The third-order valence-electron chi connectivity index (χ3n) is 3.66. The zero-order chi connectivity index (χ0) is 12.4. The molecule has 1 aliphatic rings. The number of benzene rings is 1. The Morgan fingerprint density at radius 3 is 2.82 bits per heavy atom. The molecule has 0 N–H and O–H groups in total. The molecule has 1 heterocycles. The molecule has 3 heteroatoms. The zero-order valence-electron chi connectivity index (χ0n) is 10.4. The van der Waals surface area contributed by atoms with E-state index in [1.54, 1.807) is 6.07 Å². The molecule has 0 saturated carbocycles. The first-order chi connectivity index (χ1) is 8.06. The highest BCUT2D eigenvalue weighted by molar-refractivity contribution is 9.10. The Labute approximate surface area is 111 Å². The van der Waals surface area contributed by atoms with Crippen LogP contribution in [-0.4, -0.2) is 17.5 Å². The minimum atomic E-state index is -0.180. The molecular weight excluding hydrogens is 281 g/mol. The van der Waals surface area contributed by atoms with Crippen molar-refractivity contribution in [3.63, 3.8) is 0 Å². The fourth-order valence-corrected chi connectivity index (χ4v) is 3.04. The fourth-order valence-electron chi connectivity index (χ4n) is 2.56. The third kappa shape index (κ3) is 3.29.